The van der Waals surface area contributed by atoms with Gasteiger partial charge in [0.1, 0.15) is 0 Å². The summed E-state index contributed by atoms with van der Waals surface area (Å²) in [6, 6.07) is 17.6. The molecule has 2 aromatic heterocycles. The standard InChI is InChI=1S/C22H20N4O2S2/c1-3-16-9-7-8-12-19(16)26(15(2)27)21-23-18(13-29-21)14-30-22-25-24-20(28-22)17-10-5-4-6-11-17/h4-13H,3,14H2,1-2H3. The molecule has 30 heavy (non-hydrogen) atoms. The Kier molecular flexibility index (Phi) is 6.25. The van der Waals surface area contributed by atoms with E-state index in [-0.39, 0.29) is 5.91 Å². The van der Waals surface area contributed by atoms with Crippen LogP contribution in [-0.2, 0) is 17.0 Å². The molecule has 0 saturated carbocycles. The molecule has 2 aromatic carbocycles. The molecule has 4 aromatic rings. The summed E-state index contributed by atoms with van der Waals surface area (Å²) in [6.45, 7) is 3.64. The molecule has 0 saturated heterocycles. The van der Waals surface area contributed by atoms with E-state index in [1.807, 2.05) is 60.0 Å². The number of carbonyl (C=O) groups excluding carboxylic acids is 1. The number of hydrogen-bond donors (Lipinski definition) is 0. The maximum Gasteiger partial charge on any atom is 0.277 e. The highest BCUT2D eigenvalue weighted by Crippen LogP contribution is 2.33. The minimum absolute atomic E-state index is 0.0612. The average Bonchev–Trinajstić information content (AvgIpc) is 3.43. The lowest BCUT2D eigenvalue weighted by atomic mass is 10.1. The van der Waals surface area contributed by atoms with Gasteiger partial charge in [0, 0.05) is 23.6 Å². The zero-order valence-electron chi connectivity index (χ0n) is 16.6. The van der Waals surface area contributed by atoms with E-state index in [2.05, 4.69) is 22.1 Å². The van der Waals surface area contributed by atoms with Gasteiger partial charge in [-0.15, -0.1) is 21.5 Å². The van der Waals surface area contributed by atoms with Crippen LogP contribution in [0.3, 0.4) is 0 Å². The fourth-order valence-corrected chi connectivity index (χ4v) is 4.64. The van der Waals surface area contributed by atoms with Crippen molar-refractivity contribution in [2.24, 2.45) is 0 Å². The smallest absolute Gasteiger partial charge is 0.277 e. The molecule has 0 aliphatic rings. The molecule has 0 unspecified atom stereocenters. The number of aromatic nitrogens is 3. The van der Waals surface area contributed by atoms with Crippen LogP contribution >= 0.6 is 23.1 Å². The third kappa shape index (κ3) is 4.44. The predicted octanol–water partition coefficient (Wildman–Crippen LogP) is 5.73. The molecule has 4 rings (SSSR count). The fourth-order valence-electron chi connectivity index (χ4n) is 3.00. The Labute approximate surface area is 183 Å². The summed E-state index contributed by atoms with van der Waals surface area (Å²) in [6.07, 6.45) is 0.842. The number of rotatable bonds is 7. The number of thiazole rings is 1. The van der Waals surface area contributed by atoms with Crippen LogP contribution in [0.5, 0.6) is 0 Å². The first-order valence-electron chi connectivity index (χ1n) is 9.50. The lowest BCUT2D eigenvalue weighted by Gasteiger charge is -2.20. The highest BCUT2D eigenvalue weighted by molar-refractivity contribution is 7.98. The molecular formula is C22H20N4O2S2. The SMILES string of the molecule is CCc1ccccc1N(C(C)=O)c1nc(CSc2nnc(-c3ccccc3)o2)cs1. The molecule has 8 heteroatoms. The summed E-state index contributed by atoms with van der Waals surface area (Å²) in [5, 5.41) is 11.3. The minimum Gasteiger partial charge on any atom is -0.411 e. The minimum atomic E-state index is -0.0612. The van der Waals surface area contributed by atoms with Gasteiger partial charge in [0.15, 0.2) is 5.13 Å². The van der Waals surface area contributed by atoms with Crippen LogP contribution in [0.2, 0.25) is 0 Å². The summed E-state index contributed by atoms with van der Waals surface area (Å²) in [5.41, 5.74) is 3.74. The molecule has 0 N–H and O–H groups in total. The van der Waals surface area contributed by atoms with E-state index < -0.39 is 0 Å². The molecule has 0 spiro atoms. The van der Waals surface area contributed by atoms with Crippen molar-refractivity contribution < 1.29 is 9.21 Å². The maximum absolute atomic E-state index is 12.4. The van der Waals surface area contributed by atoms with Gasteiger partial charge in [-0.05, 0) is 30.2 Å². The van der Waals surface area contributed by atoms with Gasteiger partial charge in [0.2, 0.25) is 11.8 Å². The lowest BCUT2D eigenvalue weighted by molar-refractivity contribution is -0.115. The summed E-state index contributed by atoms with van der Waals surface area (Å²) >= 11 is 2.88. The maximum atomic E-state index is 12.4. The van der Waals surface area contributed by atoms with Crippen LogP contribution in [0.1, 0.15) is 25.1 Å². The van der Waals surface area contributed by atoms with Gasteiger partial charge in [-0.2, -0.15) is 0 Å². The van der Waals surface area contributed by atoms with Gasteiger partial charge in [-0.1, -0.05) is 55.1 Å². The van der Waals surface area contributed by atoms with Crippen molar-refractivity contribution in [2.45, 2.75) is 31.2 Å². The molecule has 152 valence electrons. The highest BCUT2D eigenvalue weighted by Gasteiger charge is 2.20. The Balaban J connectivity index is 1.48. The zero-order valence-corrected chi connectivity index (χ0v) is 18.2. The molecule has 1 amide bonds. The monoisotopic (exact) mass is 436 g/mol. The van der Waals surface area contributed by atoms with Crippen LogP contribution in [0.15, 0.2) is 69.6 Å². The number of benzene rings is 2. The number of amides is 1. The van der Waals surface area contributed by atoms with Gasteiger partial charge < -0.3 is 4.42 Å². The number of hydrogen-bond acceptors (Lipinski definition) is 7. The van der Waals surface area contributed by atoms with Crippen LogP contribution in [-0.4, -0.2) is 21.1 Å². The van der Waals surface area contributed by atoms with Gasteiger partial charge in [0.25, 0.3) is 5.22 Å². The summed E-state index contributed by atoms with van der Waals surface area (Å²) in [7, 11) is 0. The third-order valence-corrected chi connectivity index (χ3v) is 6.16. The topological polar surface area (TPSA) is 72.1 Å². The van der Waals surface area contributed by atoms with E-state index in [1.165, 1.54) is 23.1 Å². The van der Waals surface area contributed by atoms with Crippen LogP contribution in [0.25, 0.3) is 11.5 Å². The second-order valence-corrected chi connectivity index (χ2v) is 8.25. The van der Waals surface area contributed by atoms with Crippen LogP contribution in [0, 0.1) is 0 Å². The first-order chi connectivity index (χ1) is 14.7. The Bertz CT molecular complexity index is 1140. The molecule has 6 nitrogen and oxygen atoms in total. The van der Waals surface area contributed by atoms with E-state index in [4.69, 9.17) is 4.42 Å². The molecule has 2 heterocycles. The van der Waals surface area contributed by atoms with E-state index >= 15 is 0 Å². The first kappa shape index (κ1) is 20.3. The second kappa shape index (κ2) is 9.23. The van der Waals surface area contributed by atoms with E-state index in [9.17, 15) is 4.79 Å². The van der Waals surface area contributed by atoms with E-state index in [0.717, 1.165) is 28.9 Å². The number of carbonyl (C=O) groups is 1. The van der Waals surface area contributed by atoms with Crippen molar-refractivity contribution in [1.82, 2.24) is 15.2 Å². The fraction of sp³-hybridized carbons (Fsp3) is 0.182. The molecule has 0 aliphatic carbocycles. The van der Waals surface area contributed by atoms with Crippen molar-refractivity contribution in [1.29, 1.82) is 0 Å². The number of thioether (sulfide) groups is 1. The molecule has 0 fully saturated rings. The van der Waals surface area contributed by atoms with Gasteiger partial charge in [-0.3, -0.25) is 9.69 Å². The number of nitrogens with zero attached hydrogens (tertiary/aromatic N) is 4. The van der Waals surface area contributed by atoms with E-state index in [0.29, 0.717) is 22.0 Å². The van der Waals surface area contributed by atoms with Crippen molar-refractivity contribution in [3.05, 3.63) is 71.2 Å². The van der Waals surface area contributed by atoms with Crippen molar-refractivity contribution in [2.75, 3.05) is 4.90 Å². The average molecular weight is 437 g/mol. The van der Waals surface area contributed by atoms with Gasteiger partial charge in [0.05, 0.1) is 11.4 Å². The third-order valence-electron chi connectivity index (χ3n) is 4.43. The van der Waals surface area contributed by atoms with Crippen LogP contribution < -0.4 is 4.90 Å². The summed E-state index contributed by atoms with van der Waals surface area (Å²) in [4.78, 5) is 18.7. The number of para-hydroxylation sites is 1. The quantitative estimate of drug-likeness (QED) is 0.344. The highest BCUT2D eigenvalue weighted by atomic mass is 32.2. The first-order valence-corrected chi connectivity index (χ1v) is 11.4. The second-order valence-electron chi connectivity index (χ2n) is 6.49. The zero-order chi connectivity index (χ0) is 20.9. The lowest BCUT2D eigenvalue weighted by Crippen LogP contribution is -2.23. The predicted molar refractivity (Wildman–Crippen MR) is 120 cm³/mol. The summed E-state index contributed by atoms with van der Waals surface area (Å²) in [5.74, 6) is 1.01. The largest absolute Gasteiger partial charge is 0.411 e. The van der Waals surface area contributed by atoms with Crippen LogP contribution in [0.4, 0.5) is 10.8 Å². The molecular weight excluding hydrogens is 416 g/mol. The Morgan fingerprint density at radius 1 is 1.10 bits per heavy atom. The molecule has 0 atom stereocenters. The van der Waals surface area contributed by atoms with E-state index in [1.54, 1.807) is 11.8 Å². The van der Waals surface area contributed by atoms with Gasteiger partial charge in [-0.25, -0.2) is 4.98 Å². The number of aryl methyl sites for hydroxylation is 1. The van der Waals surface area contributed by atoms with Gasteiger partial charge >= 0.3 is 0 Å². The molecule has 0 bridgehead atoms. The molecule has 0 radical (unpaired) electrons. The van der Waals surface area contributed by atoms with Crippen molar-refractivity contribution in [3.63, 3.8) is 0 Å². The van der Waals surface area contributed by atoms with Crippen molar-refractivity contribution >= 4 is 39.8 Å². The Hall–Kier alpha value is -2.97. The number of anilines is 2. The van der Waals surface area contributed by atoms with Crippen molar-refractivity contribution in [3.8, 4) is 11.5 Å². The molecule has 0 aliphatic heterocycles. The Morgan fingerprint density at radius 3 is 2.63 bits per heavy atom. The Morgan fingerprint density at radius 2 is 1.87 bits per heavy atom. The normalized spacial score (nSPS) is 10.9. The summed E-state index contributed by atoms with van der Waals surface area (Å²) < 4.78 is 5.74.